The normalized spacial score (nSPS) is 15.4. The van der Waals surface area contributed by atoms with E-state index in [1.807, 2.05) is 0 Å². The number of carbonyl (C=O) groups excluding carboxylic acids is 3. The summed E-state index contributed by atoms with van der Waals surface area (Å²) in [6.45, 7) is 3.49. The fourth-order valence-electron chi connectivity index (χ4n) is 4.06. The molecule has 9 nitrogen and oxygen atoms in total. The van der Waals surface area contributed by atoms with Crippen molar-refractivity contribution in [2.75, 3.05) is 7.11 Å². The van der Waals surface area contributed by atoms with E-state index in [2.05, 4.69) is 22.2 Å². The molecule has 0 bridgehead atoms. The highest BCUT2D eigenvalue weighted by Crippen LogP contribution is 2.40. The Morgan fingerprint density at radius 2 is 1.77 bits per heavy atom. The van der Waals surface area contributed by atoms with E-state index in [1.54, 1.807) is 12.1 Å². The molecule has 1 fully saturated rings. The summed E-state index contributed by atoms with van der Waals surface area (Å²) < 4.78 is 50.8. The monoisotopic (exact) mass is 558 g/mol. The molecule has 1 aliphatic carbocycles. The van der Waals surface area contributed by atoms with E-state index < -0.39 is 29.1 Å². The number of amides is 2. The number of aliphatic imine (C=N–C) groups is 1. The van der Waals surface area contributed by atoms with Gasteiger partial charge in [-0.3, -0.25) is 19.4 Å². The summed E-state index contributed by atoms with van der Waals surface area (Å²) in [6, 6.07) is 9.50. The van der Waals surface area contributed by atoms with Crippen molar-refractivity contribution in [3.63, 3.8) is 0 Å². The van der Waals surface area contributed by atoms with Gasteiger partial charge in [-0.05, 0) is 48.7 Å². The predicted molar refractivity (Wildman–Crippen MR) is 142 cm³/mol. The fourth-order valence-corrected chi connectivity index (χ4v) is 4.06. The lowest BCUT2D eigenvalue weighted by Gasteiger charge is -2.36. The van der Waals surface area contributed by atoms with Crippen LogP contribution >= 0.6 is 0 Å². The SMILES string of the molecule is C=C/N=C\C(=C/N)C(=O)NC1(C(=O)NCc2ccc(Oc3ccc(OC)cc3C(F)(F)F)cc2)CCC(=O)CC1. The van der Waals surface area contributed by atoms with Gasteiger partial charge in [-0.15, -0.1) is 0 Å². The zero-order valence-corrected chi connectivity index (χ0v) is 21.7. The van der Waals surface area contributed by atoms with Gasteiger partial charge < -0.3 is 25.8 Å². The minimum Gasteiger partial charge on any atom is -0.497 e. The van der Waals surface area contributed by atoms with Crippen LogP contribution in [-0.4, -0.2) is 36.5 Å². The van der Waals surface area contributed by atoms with Crippen molar-refractivity contribution in [2.45, 2.75) is 43.9 Å². The van der Waals surface area contributed by atoms with Crippen molar-refractivity contribution in [1.82, 2.24) is 10.6 Å². The molecular weight excluding hydrogens is 529 g/mol. The van der Waals surface area contributed by atoms with Crippen LogP contribution in [0, 0.1) is 0 Å². The third-order valence-corrected chi connectivity index (χ3v) is 6.31. The summed E-state index contributed by atoms with van der Waals surface area (Å²) in [4.78, 5) is 41.7. The highest BCUT2D eigenvalue weighted by Gasteiger charge is 2.43. The highest BCUT2D eigenvalue weighted by atomic mass is 19.4. The number of alkyl halides is 3. The number of Topliss-reactive ketones (excluding diaryl/α,β-unsaturated/α-hetero) is 1. The van der Waals surface area contributed by atoms with E-state index in [9.17, 15) is 27.6 Å². The molecular formula is C28H29F3N4O5. The molecule has 40 heavy (non-hydrogen) atoms. The third kappa shape index (κ3) is 7.49. The maximum Gasteiger partial charge on any atom is 0.420 e. The van der Waals surface area contributed by atoms with Crippen molar-refractivity contribution in [3.8, 4) is 17.2 Å². The Balaban J connectivity index is 1.70. The molecule has 3 rings (SSSR count). The number of methoxy groups -OCH3 is 1. The standard InChI is InChI=1S/C28H29F3N4O5/c1-3-33-17-19(15-32)25(37)35-27(12-10-20(36)11-13-27)26(38)34-16-18-4-6-21(7-5-18)40-24-9-8-22(39-2)14-23(24)28(29,30)31/h3-9,14-15,17H,1,10-13,16,32H2,2H3,(H,34,38)(H,35,37)/b19-15+,33-17-. The van der Waals surface area contributed by atoms with Crippen molar-refractivity contribution < 1.29 is 37.0 Å². The van der Waals surface area contributed by atoms with Gasteiger partial charge in [0.2, 0.25) is 5.91 Å². The van der Waals surface area contributed by atoms with Gasteiger partial charge >= 0.3 is 6.18 Å². The van der Waals surface area contributed by atoms with Crippen LogP contribution in [0.25, 0.3) is 0 Å². The average molecular weight is 559 g/mol. The van der Waals surface area contributed by atoms with E-state index in [0.717, 1.165) is 12.3 Å². The second kappa shape index (κ2) is 13.0. The average Bonchev–Trinajstić information content (AvgIpc) is 2.94. The van der Waals surface area contributed by atoms with Gasteiger partial charge in [-0.1, -0.05) is 18.7 Å². The van der Waals surface area contributed by atoms with Crippen molar-refractivity contribution in [1.29, 1.82) is 0 Å². The van der Waals surface area contributed by atoms with E-state index in [0.29, 0.717) is 5.56 Å². The molecule has 1 aliphatic rings. The first-order valence-electron chi connectivity index (χ1n) is 12.2. The fraction of sp³-hybridized carbons (Fsp3) is 0.286. The van der Waals surface area contributed by atoms with Crippen LogP contribution in [0.5, 0.6) is 17.2 Å². The Hall–Kier alpha value is -4.61. The molecule has 1 saturated carbocycles. The number of benzene rings is 2. The lowest BCUT2D eigenvalue weighted by Crippen LogP contribution is -2.60. The molecule has 0 heterocycles. The molecule has 4 N–H and O–H groups in total. The lowest BCUT2D eigenvalue weighted by atomic mass is 9.80. The number of halogens is 3. The number of hydrogen-bond acceptors (Lipinski definition) is 7. The molecule has 0 atom stereocenters. The largest absolute Gasteiger partial charge is 0.497 e. The number of ketones is 1. The Morgan fingerprint density at radius 3 is 2.35 bits per heavy atom. The van der Waals surface area contributed by atoms with E-state index in [1.165, 1.54) is 43.8 Å². The van der Waals surface area contributed by atoms with E-state index in [-0.39, 0.29) is 60.8 Å². The molecule has 2 aromatic rings. The van der Waals surface area contributed by atoms with Gasteiger partial charge in [-0.2, -0.15) is 13.2 Å². The third-order valence-electron chi connectivity index (χ3n) is 6.31. The smallest absolute Gasteiger partial charge is 0.420 e. The predicted octanol–water partition coefficient (Wildman–Crippen LogP) is 4.18. The van der Waals surface area contributed by atoms with Gasteiger partial charge in [0, 0.05) is 38.0 Å². The minimum atomic E-state index is -4.65. The molecule has 0 aliphatic heterocycles. The molecule has 2 amide bonds. The summed E-state index contributed by atoms with van der Waals surface area (Å²) in [7, 11) is 1.27. The summed E-state index contributed by atoms with van der Waals surface area (Å²) in [5.41, 5.74) is 3.85. The second-order valence-electron chi connectivity index (χ2n) is 8.95. The Kier molecular flexibility index (Phi) is 9.70. The van der Waals surface area contributed by atoms with Crippen LogP contribution in [0.3, 0.4) is 0 Å². The van der Waals surface area contributed by atoms with Crippen molar-refractivity contribution in [3.05, 3.63) is 78.1 Å². The van der Waals surface area contributed by atoms with Crippen molar-refractivity contribution >= 4 is 23.8 Å². The minimum absolute atomic E-state index is 0.0124. The topological polar surface area (TPSA) is 132 Å². The van der Waals surface area contributed by atoms with Gasteiger partial charge in [0.1, 0.15) is 34.1 Å². The summed E-state index contributed by atoms with van der Waals surface area (Å²) in [5.74, 6) is -1.32. The van der Waals surface area contributed by atoms with Crippen LogP contribution in [0.2, 0.25) is 0 Å². The zero-order chi connectivity index (χ0) is 29.3. The number of carbonyl (C=O) groups is 3. The number of hydrogen-bond donors (Lipinski definition) is 3. The quantitative estimate of drug-likeness (QED) is 0.296. The number of rotatable bonds is 10. The zero-order valence-electron chi connectivity index (χ0n) is 21.7. The molecule has 2 aromatic carbocycles. The van der Waals surface area contributed by atoms with Gasteiger partial charge in [0.15, 0.2) is 0 Å². The van der Waals surface area contributed by atoms with E-state index >= 15 is 0 Å². The van der Waals surface area contributed by atoms with Crippen LogP contribution in [0.4, 0.5) is 13.2 Å². The Morgan fingerprint density at radius 1 is 1.12 bits per heavy atom. The maximum absolute atomic E-state index is 13.5. The lowest BCUT2D eigenvalue weighted by molar-refractivity contribution is -0.138. The molecule has 12 heteroatoms. The van der Waals surface area contributed by atoms with Crippen molar-refractivity contribution in [2.24, 2.45) is 10.7 Å². The Bertz CT molecular complexity index is 1310. The van der Waals surface area contributed by atoms with Crippen LogP contribution in [0.1, 0.15) is 36.8 Å². The molecule has 0 unspecified atom stereocenters. The summed E-state index contributed by atoms with van der Waals surface area (Å²) >= 11 is 0. The highest BCUT2D eigenvalue weighted by molar-refractivity contribution is 6.13. The first kappa shape index (κ1) is 29.9. The Labute approximate surface area is 228 Å². The van der Waals surface area contributed by atoms with Gasteiger partial charge in [0.25, 0.3) is 5.91 Å². The first-order valence-corrected chi connectivity index (χ1v) is 12.2. The van der Waals surface area contributed by atoms with Gasteiger partial charge in [-0.25, -0.2) is 0 Å². The van der Waals surface area contributed by atoms with Crippen LogP contribution in [0.15, 0.2) is 72.0 Å². The van der Waals surface area contributed by atoms with Gasteiger partial charge in [0.05, 0.1) is 12.7 Å². The second-order valence-corrected chi connectivity index (χ2v) is 8.95. The maximum atomic E-state index is 13.5. The molecule has 212 valence electrons. The molecule has 0 spiro atoms. The van der Waals surface area contributed by atoms with Crippen LogP contribution < -0.4 is 25.8 Å². The summed E-state index contributed by atoms with van der Waals surface area (Å²) in [5, 5.41) is 5.48. The number of nitrogens with one attached hydrogen (secondary N) is 2. The first-order chi connectivity index (χ1) is 19.0. The number of nitrogens with two attached hydrogens (primary N) is 1. The summed E-state index contributed by atoms with van der Waals surface area (Å²) in [6.07, 6.45) is -0.722. The molecule has 0 radical (unpaired) electrons. The number of nitrogens with zero attached hydrogens (tertiary/aromatic N) is 1. The van der Waals surface area contributed by atoms with Crippen LogP contribution in [-0.2, 0) is 27.1 Å². The molecule has 0 aromatic heterocycles. The van der Waals surface area contributed by atoms with E-state index in [4.69, 9.17) is 15.2 Å². The number of ether oxygens (including phenoxy) is 2. The molecule has 0 saturated heterocycles.